The molecule has 0 spiro atoms. The van der Waals surface area contributed by atoms with Gasteiger partial charge < -0.3 is 18.9 Å². The molecule has 1 aliphatic rings. The van der Waals surface area contributed by atoms with Gasteiger partial charge in [0.1, 0.15) is 5.58 Å². The van der Waals surface area contributed by atoms with Gasteiger partial charge in [-0.05, 0) is 43.0 Å². The molecule has 27 heavy (non-hydrogen) atoms. The average molecular weight is 389 g/mol. The first kappa shape index (κ1) is 17.7. The van der Waals surface area contributed by atoms with Gasteiger partial charge in [-0.15, -0.1) is 0 Å². The lowest BCUT2D eigenvalue weighted by Crippen LogP contribution is -2.37. The zero-order chi connectivity index (χ0) is 19.0. The molecule has 1 aliphatic heterocycles. The molecule has 2 aromatic heterocycles. The highest BCUT2D eigenvalue weighted by atomic mass is 32.2. The molecule has 9 heteroatoms. The Morgan fingerprint density at radius 3 is 2.81 bits per heavy atom. The fraction of sp³-hybridized carbons (Fsp3) is 0.389. The number of carboxylic acid groups (broad SMARTS) is 1. The summed E-state index contributed by atoms with van der Waals surface area (Å²) in [6, 6.07) is 7.18. The Morgan fingerprint density at radius 1 is 1.33 bits per heavy atom. The first-order valence-corrected chi connectivity index (χ1v) is 10.2. The molecule has 1 saturated heterocycles. The van der Waals surface area contributed by atoms with Crippen molar-refractivity contribution in [3.8, 4) is 11.7 Å². The number of carbonyl (C=O) groups is 1. The van der Waals surface area contributed by atoms with E-state index in [2.05, 4.69) is 10.1 Å². The van der Waals surface area contributed by atoms with Crippen molar-refractivity contribution in [2.45, 2.75) is 24.2 Å². The molecular weight excluding hydrogens is 370 g/mol. The Labute approximate surface area is 157 Å². The maximum Gasteiger partial charge on any atom is 0.407 e. The number of furan rings is 1. The van der Waals surface area contributed by atoms with Gasteiger partial charge in [-0.3, -0.25) is 4.21 Å². The van der Waals surface area contributed by atoms with Crippen LogP contribution in [0.5, 0.6) is 0 Å². The summed E-state index contributed by atoms with van der Waals surface area (Å²) in [6.07, 6.45) is 2.99. The quantitative estimate of drug-likeness (QED) is 0.730. The van der Waals surface area contributed by atoms with Gasteiger partial charge in [-0.1, -0.05) is 5.16 Å². The molecule has 1 N–H and O–H groups in total. The van der Waals surface area contributed by atoms with E-state index in [1.54, 1.807) is 24.5 Å². The van der Waals surface area contributed by atoms with Crippen molar-refractivity contribution < 1.29 is 23.1 Å². The Hall–Kier alpha value is -2.68. The minimum absolute atomic E-state index is 0.309. The number of piperidine rings is 1. The van der Waals surface area contributed by atoms with Gasteiger partial charge >= 0.3 is 6.09 Å². The number of benzene rings is 1. The van der Waals surface area contributed by atoms with E-state index in [-0.39, 0.29) is 0 Å². The van der Waals surface area contributed by atoms with Crippen LogP contribution in [0, 0.1) is 5.92 Å². The summed E-state index contributed by atoms with van der Waals surface area (Å²) < 4.78 is 22.7. The lowest BCUT2D eigenvalue weighted by atomic mass is 9.93. The first-order chi connectivity index (χ1) is 13.0. The number of aromatic nitrogens is 2. The van der Waals surface area contributed by atoms with E-state index in [0.717, 1.165) is 23.1 Å². The predicted octanol–water partition coefficient (Wildman–Crippen LogP) is 3.15. The van der Waals surface area contributed by atoms with Gasteiger partial charge in [0.05, 0.1) is 0 Å². The topological polar surface area (TPSA) is 110 Å². The highest BCUT2D eigenvalue weighted by Gasteiger charge is 2.24. The summed E-state index contributed by atoms with van der Waals surface area (Å²) >= 11 is 0. The number of hydrogen-bond acceptors (Lipinski definition) is 6. The number of likely N-dealkylation sites (tertiary alicyclic amines) is 1. The molecule has 1 fully saturated rings. The summed E-state index contributed by atoms with van der Waals surface area (Å²) in [5, 5.41) is 13.9. The lowest BCUT2D eigenvalue weighted by molar-refractivity contribution is 0.124. The molecule has 3 heterocycles. The third-order valence-corrected chi connectivity index (χ3v) is 5.77. The van der Waals surface area contributed by atoms with Crippen LogP contribution in [-0.4, -0.2) is 49.8 Å². The van der Waals surface area contributed by atoms with Crippen LogP contribution in [0.15, 0.2) is 38.1 Å². The SMILES string of the molecule is CS(=O)c1ccc2oc(-c3nc(CC4CCN(C(=O)O)CC4)no3)cc2c1. The Bertz CT molecular complexity index is 1000. The van der Waals surface area contributed by atoms with E-state index in [4.69, 9.17) is 14.0 Å². The molecule has 4 rings (SSSR count). The second-order valence-electron chi connectivity index (χ2n) is 6.70. The van der Waals surface area contributed by atoms with Crippen LogP contribution in [0.3, 0.4) is 0 Å². The van der Waals surface area contributed by atoms with Crippen LogP contribution in [0.2, 0.25) is 0 Å². The molecule has 1 amide bonds. The molecular formula is C18H19N3O5S. The summed E-state index contributed by atoms with van der Waals surface area (Å²) in [7, 11) is -1.06. The lowest BCUT2D eigenvalue weighted by Gasteiger charge is -2.29. The zero-order valence-corrected chi connectivity index (χ0v) is 15.6. The fourth-order valence-corrected chi connectivity index (χ4v) is 3.88. The average Bonchev–Trinajstić information content (AvgIpc) is 3.27. The number of hydrogen-bond donors (Lipinski definition) is 1. The second-order valence-corrected chi connectivity index (χ2v) is 8.08. The molecule has 1 atom stereocenters. The van der Waals surface area contributed by atoms with Gasteiger partial charge in [0.2, 0.25) is 0 Å². The number of fused-ring (bicyclic) bond motifs is 1. The summed E-state index contributed by atoms with van der Waals surface area (Å²) in [6.45, 7) is 1.07. The monoisotopic (exact) mass is 389 g/mol. The van der Waals surface area contributed by atoms with Gasteiger partial charge in [-0.25, -0.2) is 4.79 Å². The number of rotatable bonds is 4. The van der Waals surface area contributed by atoms with Gasteiger partial charge in [0, 0.05) is 46.8 Å². The van der Waals surface area contributed by atoms with Crippen molar-refractivity contribution in [2.24, 2.45) is 5.92 Å². The normalized spacial score (nSPS) is 16.7. The van der Waals surface area contributed by atoms with E-state index in [0.29, 0.717) is 48.5 Å². The molecule has 3 aromatic rings. The van der Waals surface area contributed by atoms with Crippen molar-refractivity contribution in [3.05, 3.63) is 30.1 Å². The van der Waals surface area contributed by atoms with Crippen molar-refractivity contribution in [1.29, 1.82) is 0 Å². The highest BCUT2D eigenvalue weighted by molar-refractivity contribution is 7.84. The fourth-order valence-electron chi connectivity index (χ4n) is 3.33. The third-order valence-electron chi connectivity index (χ3n) is 4.85. The Balaban J connectivity index is 1.47. The Morgan fingerprint density at radius 2 is 2.11 bits per heavy atom. The van der Waals surface area contributed by atoms with Crippen LogP contribution < -0.4 is 0 Å². The molecule has 142 valence electrons. The minimum Gasteiger partial charge on any atom is -0.465 e. The second kappa shape index (κ2) is 7.15. The zero-order valence-electron chi connectivity index (χ0n) is 14.8. The number of nitrogens with zero attached hydrogens (tertiary/aromatic N) is 3. The predicted molar refractivity (Wildman–Crippen MR) is 97.9 cm³/mol. The first-order valence-electron chi connectivity index (χ1n) is 8.67. The van der Waals surface area contributed by atoms with E-state index in [1.807, 2.05) is 6.07 Å². The Kier molecular flexibility index (Phi) is 4.69. The molecule has 0 radical (unpaired) electrons. The van der Waals surface area contributed by atoms with E-state index in [9.17, 15) is 9.00 Å². The van der Waals surface area contributed by atoms with Crippen LogP contribution in [0.4, 0.5) is 4.79 Å². The summed E-state index contributed by atoms with van der Waals surface area (Å²) in [5.74, 6) is 1.71. The minimum atomic E-state index is -1.06. The van der Waals surface area contributed by atoms with Crippen molar-refractivity contribution in [2.75, 3.05) is 19.3 Å². The smallest absolute Gasteiger partial charge is 0.407 e. The molecule has 0 aliphatic carbocycles. The van der Waals surface area contributed by atoms with E-state index >= 15 is 0 Å². The van der Waals surface area contributed by atoms with E-state index < -0.39 is 16.9 Å². The van der Waals surface area contributed by atoms with Crippen molar-refractivity contribution in [1.82, 2.24) is 15.0 Å². The standard InChI is InChI=1S/C18H19N3O5S/c1-27(24)13-2-3-14-12(9-13)10-15(25-14)17-19-16(20-26-17)8-11-4-6-21(7-5-11)18(22)23/h2-3,9-11H,4-8H2,1H3,(H,22,23). The summed E-state index contributed by atoms with van der Waals surface area (Å²) in [5.41, 5.74) is 0.667. The largest absolute Gasteiger partial charge is 0.465 e. The van der Waals surface area contributed by atoms with Crippen LogP contribution in [-0.2, 0) is 17.2 Å². The third kappa shape index (κ3) is 3.73. The van der Waals surface area contributed by atoms with E-state index in [1.165, 1.54) is 4.90 Å². The molecule has 1 unspecified atom stereocenters. The molecule has 8 nitrogen and oxygen atoms in total. The maximum atomic E-state index is 11.6. The maximum absolute atomic E-state index is 11.6. The van der Waals surface area contributed by atoms with Crippen molar-refractivity contribution in [3.63, 3.8) is 0 Å². The molecule has 0 saturated carbocycles. The van der Waals surface area contributed by atoms with Crippen LogP contribution in [0.25, 0.3) is 22.6 Å². The van der Waals surface area contributed by atoms with Crippen LogP contribution >= 0.6 is 0 Å². The number of amides is 1. The molecule has 1 aromatic carbocycles. The van der Waals surface area contributed by atoms with Crippen LogP contribution in [0.1, 0.15) is 18.7 Å². The van der Waals surface area contributed by atoms with Gasteiger partial charge in [-0.2, -0.15) is 4.98 Å². The van der Waals surface area contributed by atoms with Gasteiger partial charge in [0.25, 0.3) is 5.89 Å². The highest BCUT2D eigenvalue weighted by Crippen LogP contribution is 2.29. The van der Waals surface area contributed by atoms with Gasteiger partial charge in [0.15, 0.2) is 11.6 Å². The summed E-state index contributed by atoms with van der Waals surface area (Å²) in [4.78, 5) is 17.6. The van der Waals surface area contributed by atoms with Crippen molar-refractivity contribution >= 4 is 27.9 Å². The molecule has 0 bridgehead atoms.